The van der Waals surface area contributed by atoms with Gasteiger partial charge in [-0.3, -0.25) is 0 Å². The Hall–Kier alpha value is -0.460. The van der Waals surface area contributed by atoms with E-state index in [1.807, 2.05) is 48.5 Å². The normalized spacial score (nSPS) is 26.3. The highest BCUT2D eigenvalue weighted by Crippen LogP contribution is 2.15. The van der Waals surface area contributed by atoms with Crippen LogP contribution in [0.1, 0.15) is 74.1 Å². The van der Waals surface area contributed by atoms with E-state index in [2.05, 4.69) is 28.6 Å². The smallest absolute Gasteiger partial charge is 0.166 e. The van der Waals surface area contributed by atoms with Gasteiger partial charge in [-0.15, -0.1) is 0 Å². The van der Waals surface area contributed by atoms with Crippen molar-refractivity contribution in [3.8, 4) is 0 Å². The molecule has 0 radical (unpaired) electrons. The molecule has 0 aromatic carbocycles. The van der Waals surface area contributed by atoms with Gasteiger partial charge in [0.2, 0.25) is 0 Å². The molecule has 0 saturated carbocycles. The zero-order valence-corrected chi connectivity index (χ0v) is 23.7. The number of aliphatic hydroxyl groups excluding tert-OH is 5. The number of rotatable bonds is 11. The Morgan fingerprint density at radius 1 is 1.03 bits per heavy atom. The highest BCUT2D eigenvalue weighted by molar-refractivity contribution is 7.81. The Bertz CT molecular complexity index is 543. The van der Waals surface area contributed by atoms with E-state index in [1.54, 1.807) is 6.08 Å². The molecule has 0 amide bonds. The maximum absolute atomic E-state index is 10.7. The van der Waals surface area contributed by atoms with Crippen molar-refractivity contribution >= 4 is 30.0 Å². The fraction of sp³-hybridized carbons (Fsp3) is 0.875. The third-order valence-electron chi connectivity index (χ3n) is 5.27. The standard InChI is InChI=1S/C20H39N3O5S2.2C2H6/c1-4-13(24)9-17(26)15(23-20(30)22-11(2)8-12(3)29)10-21-14-6-5-7-16(25)19(28)18(14)27;2*1-2/h5,7,11-19,21,24-29H,4,6,8-10H2,1-3H3,(H2,22,23,30);2*1-2H3. The van der Waals surface area contributed by atoms with E-state index in [0.717, 1.165) is 6.42 Å². The van der Waals surface area contributed by atoms with Gasteiger partial charge in [-0.1, -0.05) is 53.7 Å². The van der Waals surface area contributed by atoms with Gasteiger partial charge in [0.1, 0.15) is 12.2 Å². The summed E-state index contributed by atoms with van der Waals surface area (Å²) in [7, 11) is 0. The van der Waals surface area contributed by atoms with Crippen molar-refractivity contribution in [3.05, 3.63) is 12.2 Å². The van der Waals surface area contributed by atoms with Crippen LogP contribution < -0.4 is 16.0 Å². The van der Waals surface area contributed by atoms with Crippen LogP contribution in [-0.4, -0.2) is 91.1 Å². The van der Waals surface area contributed by atoms with Crippen LogP contribution in [0.5, 0.6) is 0 Å². The fourth-order valence-corrected chi connectivity index (χ4v) is 4.11. The molecule has 8 N–H and O–H groups in total. The summed E-state index contributed by atoms with van der Waals surface area (Å²) in [4.78, 5) is 0. The minimum Gasteiger partial charge on any atom is -0.393 e. The summed E-state index contributed by atoms with van der Waals surface area (Å²) in [5, 5.41) is 60.7. The summed E-state index contributed by atoms with van der Waals surface area (Å²) in [6.45, 7) is 14.1. The summed E-state index contributed by atoms with van der Waals surface area (Å²) in [6.07, 6.45) is -0.0436. The highest BCUT2D eigenvalue weighted by Gasteiger charge is 2.33. The topological polar surface area (TPSA) is 137 Å². The largest absolute Gasteiger partial charge is 0.393 e. The number of aliphatic hydroxyl groups is 5. The average molecular weight is 526 g/mol. The Kier molecular flexibility index (Phi) is 21.7. The second-order valence-corrected chi connectivity index (χ2v) is 9.52. The molecule has 9 atom stereocenters. The van der Waals surface area contributed by atoms with Gasteiger partial charge < -0.3 is 41.5 Å². The Morgan fingerprint density at radius 3 is 2.15 bits per heavy atom. The van der Waals surface area contributed by atoms with Crippen LogP contribution in [-0.2, 0) is 0 Å². The fourth-order valence-electron chi connectivity index (χ4n) is 3.44. The second kappa shape index (κ2) is 20.7. The van der Waals surface area contributed by atoms with Crippen LogP contribution >= 0.6 is 24.8 Å². The monoisotopic (exact) mass is 525 g/mol. The Labute approximate surface area is 218 Å². The van der Waals surface area contributed by atoms with Crippen LogP contribution in [0.3, 0.4) is 0 Å². The summed E-state index contributed by atoms with van der Waals surface area (Å²) >= 11 is 9.77. The lowest BCUT2D eigenvalue weighted by atomic mass is 10.00. The lowest BCUT2D eigenvalue weighted by Crippen LogP contribution is -2.57. The van der Waals surface area contributed by atoms with Crippen molar-refractivity contribution < 1.29 is 25.5 Å². The van der Waals surface area contributed by atoms with Crippen molar-refractivity contribution in [2.75, 3.05) is 6.54 Å². The molecule has 9 unspecified atom stereocenters. The number of nitrogens with one attached hydrogen (secondary N) is 3. The third-order valence-corrected chi connectivity index (χ3v) is 5.72. The van der Waals surface area contributed by atoms with E-state index in [-0.39, 0.29) is 24.3 Å². The molecule has 1 aliphatic carbocycles. The highest BCUT2D eigenvalue weighted by atomic mass is 32.1. The van der Waals surface area contributed by atoms with Crippen molar-refractivity contribution in [1.29, 1.82) is 0 Å². The van der Waals surface area contributed by atoms with Gasteiger partial charge in [-0.05, 0) is 38.4 Å². The Morgan fingerprint density at radius 2 is 1.62 bits per heavy atom. The van der Waals surface area contributed by atoms with Crippen LogP contribution in [0, 0.1) is 0 Å². The molecule has 0 bridgehead atoms. The van der Waals surface area contributed by atoms with Crippen LogP contribution in [0.2, 0.25) is 0 Å². The first-order valence-corrected chi connectivity index (χ1v) is 13.5. The molecule has 34 heavy (non-hydrogen) atoms. The first kappa shape index (κ1) is 35.7. The van der Waals surface area contributed by atoms with Gasteiger partial charge in [-0.25, -0.2) is 0 Å². The molecule has 10 heteroatoms. The Balaban J connectivity index is 0. The second-order valence-electron chi connectivity index (χ2n) is 8.23. The quantitative estimate of drug-likeness (QED) is 0.112. The van der Waals surface area contributed by atoms with E-state index < -0.39 is 42.6 Å². The van der Waals surface area contributed by atoms with Crippen molar-refractivity contribution in [2.24, 2.45) is 0 Å². The molecule has 8 nitrogen and oxygen atoms in total. The van der Waals surface area contributed by atoms with Gasteiger partial charge in [0.15, 0.2) is 5.11 Å². The van der Waals surface area contributed by atoms with Gasteiger partial charge in [-0.2, -0.15) is 12.6 Å². The predicted octanol–water partition coefficient (Wildman–Crippen LogP) is 1.49. The summed E-state index contributed by atoms with van der Waals surface area (Å²) in [5.41, 5.74) is 0. The van der Waals surface area contributed by atoms with Gasteiger partial charge in [0, 0.05) is 30.3 Å². The van der Waals surface area contributed by atoms with Crippen molar-refractivity contribution in [1.82, 2.24) is 16.0 Å². The zero-order chi connectivity index (χ0) is 26.8. The van der Waals surface area contributed by atoms with Gasteiger partial charge >= 0.3 is 0 Å². The first-order valence-electron chi connectivity index (χ1n) is 12.6. The maximum Gasteiger partial charge on any atom is 0.166 e. The first-order chi connectivity index (χ1) is 16.0. The third kappa shape index (κ3) is 14.8. The maximum atomic E-state index is 10.7. The molecular weight excluding hydrogens is 474 g/mol. The molecule has 1 rings (SSSR count). The molecule has 0 heterocycles. The van der Waals surface area contributed by atoms with E-state index in [9.17, 15) is 25.5 Å². The van der Waals surface area contributed by atoms with E-state index in [1.165, 1.54) is 6.08 Å². The van der Waals surface area contributed by atoms with Crippen LogP contribution in [0.15, 0.2) is 12.2 Å². The van der Waals surface area contributed by atoms with E-state index in [4.69, 9.17) is 12.2 Å². The molecule has 0 fully saturated rings. The summed E-state index contributed by atoms with van der Waals surface area (Å²) in [6, 6.07) is -0.949. The zero-order valence-electron chi connectivity index (χ0n) is 22.0. The molecule has 0 spiro atoms. The summed E-state index contributed by atoms with van der Waals surface area (Å²) < 4.78 is 0. The van der Waals surface area contributed by atoms with E-state index >= 15 is 0 Å². The lowest BCUT2D eigenvalue weighted by molar-refractivity contribution is -0.0531. The predicted molar refractivity (Wildman–Crippen MR) is 148 cm³/mol. The number of hydrogen-bond donors (Lipinski definition) is 9. The minimum atomic E-state index is -1.30. The lowest BCUT2D eigenvalue weighted by Gasteiger charge is -2.32. The number of thiocarbonyl (C=S) groups is 1. The molecule has 204 valence electrons. The van der Waals surface area contributed by atoms with E-state index in [0.29, 0.717) is 18.0 Å². The summed E-state index contributed by atoms with van der Waals surface area (Å²) in [5.74, 6) is 0. The van der Waals surface area contributed by atoms with Gasteiger partial charge in [0.25, 0.3) is 0 Å². The number of thiol groups is 1. The molecule has 0 aromatic heterocycles. The molecule has 0 aromatic rings. The molecule has 1 aliphatic rings. The van der Waals surface area contributed by atoms with Gasteiger partial charge in [0.05, 0.1) is 24.4 Å². The minimum absolute atomic E-state index is 0.0925. The average Bonchev–Trinajstić information content (AvgIpc) is 2.91. The molecule has 0 saturated heterocycles. The van der Waals surface area contributed by atoms with Crippen LogP contribution in [0.25, 0.3) is 0 Å². The molecule has 0 aliphatic heterocycles. The van der Waals surface area contributed by atoms with Crippen molar-refractivity contribution in [3.63, 3.8) is 0 Å². The number of hydrogen-bond acceptors (Lipinski definition) is 8. The van der Waals surface area contributed by atoms with Crippen LogP contribution in [0.4, 0.5) is 0 Å². The SMILES string of the molecule is CC.CC.CCC(O)CC(O)C(CNC1CC=CC(O)C(O)C1O)NC(=S)NC(C)CC(C)S. The van der Waals surface area contributed by atoms with Crippen molar-refractivity contribution in [2.45, 2.75) is 128 Å². The molecular formula is C24H51N3O5S2.